The van der Waals surface area contributed by atoms with Gasteiger partial charge in [-0.2, -0.15) is 0 Å². The van der Waals surface area contributed by atoms with Crippen LogP contribution < -0.4 is 11.1 Å². The second-order valence-electron chi connectivity index (χ2n) is 6.05. The van der Waals surface area contributed by atoms with Crippen LogP contribution in [0.4, 0.5) is 5.69 Å². The van der Waals surface area contributed by atoms with E-state index in [1.54, 1.807) is 0 Å². The lowest BCUT2D eigenvalue weighted by Gasteiger charge is -2.20. The lowest BCUT2D eigenvalue weighted by molar-refractivity contribution is -0.121. The molecule has 0 saturated carbocycles. The zero-order valence-corrected chi connectivity index (χ0v) is 13.7. The first-order valence-electron chi connectivity index (χ1n) is 7.72. The Bertz CT molecular complexity index is 428. The Morgan fingerprint density at radius 2 is 1.86 bits per heavy atom. The summed E-state index contributed by atoms with van der Waals surface area (Å²) in [7, 11) is 2.11. The summed E-state index contributed by atoms with van der Waals surface area (Å²) in [6.45, 7) is 8.16. The zero-order chi connectivity index (χ0) is 15.8. The fraction of sp³-hybridized carbons (Fsp3) is 0.588. The predicted octanol–water partition coefficient (Wildman–Crippen LogP) is 2.61. The molecule has 1 aromatic carbocycles. The summed E-state index contributed by atoms with van der Waals surface area (Å²) in [5, 5.41) is 3.00. The predicted molar refractivity (Wildman–Crippen MR) is 89.3 cm³/mol. The van der Waals surface area contributed by atoms with Gasteiger partial charge < -0.3 is 16.0 Å². The lowest BCUT2D eigenvalue weighted by atomic mass is 9.97. The topological polar surface area (TPSA) is 58.4 Å². The molecule has 1 rings (SSSR count). The minimum Gasteiger partial charge on any atom is -0.399 e. The highest BCUT2D eigenvalue weighted by Gasteiger charge is 2.11. The Morgan fingerprint density at radius 1 is 1.24 bits per heavy atom. The van der Waals surface area contributed by atoms with E-state index in [2.05, 4.69) is 38.0 Å². The summed E-state index contributed by atoms with van der Waals surface area (Å²) in [5.74, 6) is 0.329. The van der Waals surface area contributed by atoms with E-state index in [1.165, 1.54) is 0 Å². The third-order valence-electron chi connectivity index (χ3n) is 3.89. The van der Waals surface area contributed by atoms with Crippen LogP contribution in [-0.4, -0.2) is 37.0 Å². The van der Waals surface area contributed by atoms with E-state index in [1.807, 2.05) is 24.3 Å². The summed E-state index contributed by atoms with van der Waals surface area (Å²) < 4.78 is 0. The first-order valence-corrected chi connectivity index (χ1v) is 7.72. The van der Waals surface area contributed by atoms with Gasteiger partial charge in [0.15, 0.2) is 0 Å². The van der Waals surface area contributed by atoms with Gasteiger partial charge >= 0.3 is 0 Å². The van der Waals surface area contributed by atoms with Crippen molar-refractivity contribution in [3.05, 3.63) is 29.8 Å². The number of hydrogen-bond donors (Lipinski definition) is 2. The Balaban J connectivity index is 2.25. The SMILES string of the molecule is CC(CC(=O)NCCCN(C)C(C)C)c1ccc(N)cc1. The summed E-state index contributed by atoms with van der Waals surface area (Å²) in [5.41, 5.74) is 7.58. The first-order chi connectivity index (χ1) is 9.90. The number of anilines is 1. The van der Waals surface area contributed by atoms with Gasteiger partial charge in [-0.05, 0) is 57.5 Å². The molecule has 0 heterocycles. The lowest BCUT2D eigenvalue weighted by Crippen LogP contribution is -2.31. The van der Waals surface area contributed by atoms with Gasteiger partial charge in [0.25, 0.3) is 0 Å². The molecule has 21 heavy (non-hydrogen) atoms. The molecule has 4 nitrogen and oxygen atoms in total. The number of nitrogens with one attached hydrogen (secondary N) is 1. The molecule has 118 valence electrons. The maximum Gasteiger partial charge on any atom is 0.220 e. The van der Waals surface area contributed by atoms with Gasteiger partial charge in [-0.15, -0.1) is 0 Å². The fourth-order valence-electron chi connectivity index (χ4n) is 2.11. The average Bonchev–Trinajstić information content (AvgIpc) is 2.43. The first kappa shape index (κ1) is 17.5. The van der Waals surface area contributed by atoms with Crippen LogP contribution in [-0.2, 0) is 4.79 Å². The van der Waals surface area contributed by atoms with Crippen LogP contribution in [0, 0.1) is 0 Å². The van der Waals surface area contributed by atoms with Gasteiger partial charge in [0, 0.05) is 24.7 Å². The molecule has 1 unspecified atom stereocenters. The van der Waals surface area contributed by atoms with Crippen molar-refractivity contribution in [3.8, 4) is 0 Å². The Hall–Kier alpha value is -1.55. The molecule has 3 N–H and O–H groups in total. The Morgan fingerprint density at radius 3 is 2.43 bits per heavy atom. The molecule has 0 aromatic heterocycles. The van der Waals surface area contributed by atoms with Gasteiger partial charge in [-0.1, -0.05) is 19.1 Å². The van der Waals surface area contributed by atoms with E-state index >= 15 is 0 Å². The molecule has 0 saturated heterocycles. The van der Waals surface area contributed by atoms with Gasteiger partial charge in [-0.3, -0.25) is 4.79 Å². The van der Waals surface area contributed by atoms with Crippen LogP contribution in [0.15, 0.2) is 24.3 Å². The third-order valence-corrected chi connectivity index (χ3v) is 3.89. The number of carbonyl (C=O) groups is 1. The molecular formula is C17H29N3O. The van der Waals surface area contributed by atoms with Crippen LogP contribution in [0.3, 0.4) is 0 Å². The Kier molecular flexibility index (Phi) is 7.23. The summed E-state index contributed by atoms with van der Waals surface area (Å²) >= 11 is 0. The monoisotopic (exact) mass is 291 g/mol. The van der Waals surface area contributed by atoms with E-state index in [-0.39, 0.29) is 11.8 Å². The summed E-state index contributed by atoms with van der Waals surface area (Å²) in [6.07, 6.45) is 1.50. The van der Waals surface area contributed by atoms with Crippen LogP contribution in [0.25, 0.3) is 0 Å². The van der Waals surface area contributed by atoms with E-state index in [0.29, 0.717) is 12.5 Å². The number of nitrogen functional groups attached to an aromatic ring is 1. The molecule has 1 atom stereocenters. The van der Waals surface area contributed by atoms with Crippen molar-refractivity contribution in [2.45, 2.75) is 45.6 Å². The van der Waals surface area contributed by atoms with Gasteiger partial charge in [-0.25, -0.2) is 0 Å². The second-order valence-corrected chi connectivity index (χ2v) is 6.05. The highest BCUT2D eigenvalue weighted by Crippen LogP contribution is 2.19. The highest BCUT2D eigenvalue weighted by atomic mass is 16.1. The molecule has 0 bridgehead atoms. The number of nitrogens with two attached hydrogens (primary N) is 1. The van der Waals surface area contributed by atoms with E-state index in [9.17, 15) is 4.79 Å². The molecule has 0 aliphatic rings. The van der Waals surface area contributed by atoms with Crippen LogP contribution >= 0.6 is 0 Å². The number of benzene rings is 1. The van der Waals surface area contributed by atoms with Crippen molar-refractivity contribution in [1.29, 1.82) is 0 Å². The van der Waals surface area contributed by atoms with Crippen molar-refractivity contribution in [2.24, 2.45) is 0 Å². The fourth-order valence-corrected chi connectivity index (χ4v) is 2.11. The number of hydrogen-bond acceptors (Lipinski definition) is 3. The normalized spacial score (nSPS) is 12.7. The number of amides is 1. The standard InChI is InChI=1S/C17H29N3O/c1-13(2)20(4)11-5-10-19-17(21)12-14(3)15-6-8-16(18)9-7-15/h6-9,13-14H,5,10-12,18H2,1-4H3,(H,19,21). The maximum atomic E-state index is 11.9. The van der Waals surface area contributed by atoms with Crippen LogP contribution in [0.2, 0.25) is 0 Å². The highest BCUT2D eigenvalue weighted by molar-refractivity contribution is 5.76. The third kappa shape index (κ3) is 6.63. The summed E-state index contributed by atoms with van der Waals surface area (Å²) in [4.78, 5) is 14.2. The van der Waals surface area contributed by atoms with Crippen LogP contribution in [0.1, 0.15) is 45.1 Å². The van der Waals surface area contributed by atoms with Gasteiger partial charge in [0.05, 0.1) is 0 Å². The van der Waals surface area contributed by atoms with Crippen molar-refractivity contribution in [1.82, 2.24) is 10.2 Å². The molecular weight excluding hydrogens is 262 g/mol. The Labute approximate surface area is 128 Å². The van der Waals surface area contributed by atoms with Gasteiger partial charge in [0.2, 0.25) is 5.91 Å². The van der Waals surface area contributed by atoms with Crippen molar-refractivity contribution >= 4 is 11.6 Å². The molecule has 0 aliphatic heterocycles. The largest absolute Gasteiger partial charge is 0.399 e. The molecule has 0 fully saturated rings. The minimum absolute atomic E-state index is 0.117. The second kappa shape index (κ2) is 8.67. The van der Waals surface area contributed by atoms with Crippen LogP contribution in [0.5, 0.6) is 0 Å². The number of nitrogens with zero attached hydrogens (tertiary/aromatic N) is 1. The molecule has 1 aromatic rings. The van der Waals surface area contributed by atoms with Gasteiger partial charge in [0.1, 0.15) is 0 Å². The smallest absolute Gasteiger partial charge is 0.220 e. The molecule has 0 aliphatic carbocycles. The molecule has 4 heteroatoms. The maximum absolute atomic E-state index is 11.9. The van der Waals surface area contributed by atoms with E-state index < -0.39 is 0 Å². The number of carbonyl (C=O) groups excluding carboxylic acids is 1. The van der Waals surface area contributed by atoms with E-state index in [4.69, 9.17) is 5.73 Å². The van der Waals surface area contributed by atoms with Crippen molar-refractivity contribution in [2.75, 3.05) is 25.9 Å². The zero-order valence-electron chi connectivity index (χ0n) is 13.7. The van der Waals surface area contributed by atoms with E-state index in [0.717, 1.165) is 30.8 Å². The van der Waals surface area contributed by atoms with Crippen molar-refractivity contribution in [3.63, 3.8) is 0 Å². The molecule has 1 amide bonds. The minimum atomic E-state index is 0.117. The van der Waals surface area contributed by atoms with Crippen molar-refractivity contribution < 1.29 is 4.79 Å². The number of rotatable bonds is 8. The summed E-state index contributed by atoms with van der Waals surface area (Å²) in [6, 6.07) is 8.29. The average molecular weight is 291 g/mol. The molecule has 0 radical (unpaired) electrons. The quantitative estimate of drug-likeness (QED) is 0.572. The molecule has 0 spiro atoms.